The van der Waals surface area contributed by atoms with Gasteiger partial charge in [0.2, 0.25) is 0 Å². The van der Waals surface area contributed by atoms with Gasteiger partial charge in [-0.2, -0.15) is 0 Å². The average molecular weight is 278 g/mol. The zero-order chi connectivity index (χ0) is 13.8. The van der Waals surface area contributed by atoms with E-state index in [1.54, 1.807) is 30.6 Å². The maximum absolute atomic E-state index is 9.77. The van der Waals surface area contributed by atoms with Crippen molar-refractivity contribution < 1.29 is 5.11 Å². The van der Waals surface area contributed by atoms with Crippen molar-refractivity contribution >= 4 is 23.0 Å². The number of aromatic hydroxyl groups is 1. The summed E-state index contributed by atoms with van der Waals surface area (Å²) in [7, 11) is 3.94. The monoisotopic (exact) mass is 277 g/mol. The molecule has 0 atom stereocenters. The minimum atomic E-state index is 0.229. The van der Waals surface area contributed by atoms with Gasteiger partial charge in [0, 0.05) is 37.4 Å². The number of aromatic nitrogens is 1. The van der Waals surface area contributed by atoms with Gasteiger partial charge in [-0.15, -0.1) is 0 Å². The zero-order valence-electron chi connectivity index (χ0n) is 10.9. The molecule has 5 heteroatoms. The molecule has 0 saturated carbocycles. The van der Waals surface area contributed by atoms with Crippen LogP contribution >= 0.6 is 11.6 Å². The zero-order valence-corrected chi connectivity index (χ0v) is 11.6. The lowest BCUT2D eigenvalue weighted by Crippen LogP contribution is -2.12. The van der Waals surface area contributed by atoms with Gasteiger partial charge in [0.15, 0.2) is 0 Å². The van der Waals surface area contributed by atoms with E-state index in [-0.39, 0.29) is 5.75 Å². The number of nitrogens with zero attached hydrogens (tertiary/aromatic N) is 2. The van der Waals surface area contributed by atoms with Crippen LogP contribution in [0.1, 0.15) is 5.56 Å². The quantitative estimate of drug-likeness (QED) is 0.901. The fourth-order valence-electron chi connectivity index (χ4n) is 1.80. The number of hydrogen-bond acceptors (Lipinski definition) is 4. The second kappa shape index (κ2) is 5.80. The Bertz CT molecular complexity index is 572. The molecule has 0 saturated heterocycles. The van der Waals surface area contributed by atoms with Gasteiger partial charge in [0.1, 0.15) is 5.75 Å². The van der Waals surface area contributed by atoms with Crippen molar-refractivity contribution in [3.8, 4) is 5.75 Å². The Balaban J connectivity index is 2.17. The maximum atomic E-state index is 9.77. The molecule has 0 aliphatic carbocycles. The number of rotatable bonds is 4. The molecule has 1 aromatic heterocycles. The smallest absolute Gasteiger partial charge is 0.120 e. The molecule has 0 fully saturated rings. The largest absolute Gasteiger partial charge is 0.508 e. The van der Waals surface area contributed by atoms with Crippen LogP contribution in [0.3, 0.4) is 0 Å². The first kappa shape index (κ1) is 13.5. The normalized spacial score (nSPS) is 10.3. The van der Waals surface area contributed by atoms with Crippen LogP contribution in [0.15, 0.2) is 36.7 Å². The molecule has 0 aliphatic rings. The summed E-state index contributed by atoms with van der Waals surface area (Å²) in [5, 5.41) is 13.6. The summed E-state index contributed by atoms with van der Waals surface area (Å²) >= 11 is 5.92. The third-order valence-corrected chi connectivity index (χ3v) is 3.03. The van der Waals surface area contributed by atoms with Crippen LogP contribution in [0, 0.1) is 0 Å². The number of benzene rings is 1. The number of halogens is 1. The molecule has 0 spiro atoms. The van der Waals surface area contributed by atoms with Crippen molar-refractivity contribution in [2.24, 2.45) is 0 Å². The molecule has 0 amide bonds. The molecule has 1 heterocycles. The Morgan fingerprint density at radius 3 is 2.84 bits per heavy atom. The summed E-state index contributed by atoms with van der Waals surface area (Å²) in [4.78, 5) is 6.10. The fourth-order valence-corrected chi connectivity index (χ4v) is 1.99. The number of phenols is 1. The summed E-state index contributed by atoms with van der Waals surface area (Å²) < 4.78 is 0. The highest BCUT2D eigenvalue weighted by Crippen LogP contribution is 2.26. The van der Waals surface area contributed by atoms with Crippen molar-refractivity contribution in [1.82, 2.24) is 4.98 Å². The minimum Gasteiger partial charge on any atom is -0.508 e. The van der Waals surface area contributed by atoms with Crippen LogP contribution in [-0.2, 0) is 6.54 Å². The van der Waals surface area contributed by atoms with Gasteiger partial charge in [0.05, 0.1) is 17.6 Å². The molecule has 1 aromatic carbocycles. The van der Waals surface area contributed by atoms with E-state index in [1.165, 1.54) is 0 Å². The average Bonchev–Trinajstić information content (AvgIpc) is 2.40. The Kier molecular flexibility index (Phi) is 4.12. The highest BCUT2D eigenvalue weighted by atomic mass is 35.5. The molecular weight excluding hydrogens is 262 g/mol. The SMILES string of the molecule is CN(C)c1ccncc1NCc1cc(Cl)ccc1O. The number of nitrogens with one attached hydrogen (secondary N) is 1. The number of phenolic OH excluding ortho intramolecular Hbond substituents is 1. The van der Waals surface area contributed by atoms with E-state index in [4.69, 9.17) is 11.6 Å². The molecule has 2 N–H and O–H groups in total. The van der Waals surface area contributed by atoms with Gasteiger partial charge < -0.3 is 15.3 Å². The molecule has 4 nitrogen and oxygen atoms in total. The fraction of sp³-hybridized carbons (Fsp3) is 0.214. The van der Waals surface area contributed by atoms with Gasteiger partial charge in [-0.05, 0) is 24.3 Å². The molecule has 0 radical (unpaired) electrons. The Morgan fingerprint density at radius 1 is 1.32 bits per heavy atom. The van der Waals surface area contributed by atoms with Crippen LogP contribution in [0.2, 0.25) is 5.02 Å². The Hall–Kier alpha value is -1.94. The minimum absolute atomic E-state index is 0.229. The second-order valence-corrected chi connectivity index (χ2v) is 4.85. The second-order valence-electron chi connectivity index (χ2n) is 4.41. The Labute approximate surface area is 117 Å². The summed E-state index contributed by atoms with van der Waals surface area (Å²) in [6.45, 7) is 0.485. The standard InChI is InChI=1S/C14H16ClN3O/c1-18(2)13-5-6-16-9-12(13)17-8-10-7-11(15)3-4-14(10)19/h3-7,9,17,19H,8H2,1-2H3. The van der Waals surface area contributed by atoms with E-state index < -0.39 is 0 Å². The van der Waals surface area contributed by atoms with Crippen LogP contribution < -0.4 is 10.2 Å². The first-order valence-electron chi connectivity index (χ1n) is 5.90. The summed E-state index contributed by atoms with van der Waals surface area (Å²) in [6.07, 6.45) is 3.51. The van der Waals surface area contributed by atoms with E-state index in [9.17, 15) is 5.11 Å². The Morgan fingerprint density at radius 2 is 2.11 bits per heavy atom. The molecular formula is C14H16ClN3O. The van der Waals surface area contributed by atoms with Gasteiger partial charge in [-0.1, -0.05) is 11.6 Å². The molecule has 0 aliphatic heterocycles. The van der Waals surface area contributed by atoms with E-state index in [1.807, 2.05) is 25.1 Å². The lowest BCUT2D eigenvalue weighted by Gasteiger charge is -2.18. The molecule has 100 valence electrons. The maximum Gasteiger partial charge on any atom is 0.120 e. The van der Waals surface area contributed by atoms with Crippen LogP contribution in [0.25, 0.3) is 0 Å². The lowest BCUT2D eigenvalue weighted by molar-refractivity contribution is 0.469. The van der Waals surface area contributed by atoms with Gasteiger partial charge >= 0.3 is 0 Å². The number of pyridine rings is 1. The lowest BCUT2D eigenvalue weighted by atomic mass is 10.2. The van der Waals surface area contributed by atoms with Crippen molar-refractivity contribution in [2.75, 3.05) is 24.3 Å². The van der Waals surface area contributed by atoms with Crippen molar-refractivity contribution in [3.05, 3.63) is 47.2 Å². The molecule has 0 unspecified atom stereocenters. The topological polar surface area (TPSA) is 48.4 Å². The van der Waals surface area contributed by atoms with Crippen molar-refractivity contribution in [2.45, 2.75) is 6.54 Å². The number of hydrogen-bond donors (Lipinski definition) is 2. The van der Waals surface area contributed by atoms with Crippen molar-refractivity contribution in [3.63, 3.8) is 0 Å². The highest BCUT2D eigenvalue weighted by molar-refractivity contribution is 6.30. The van der Waals surface area contributed by atoms with E-state index in [0.29, 0.717) is 11.6 Å². The highest BCUT2D eigenvalue weighted by Gasteiger charge is 2.06. The van der Waals surface area contributed by atoms with Gasteiger partial charge in [-0.25, -0.2) is 0 Å². The third kappa shape index (κ3) is 3.29. The molecule has 2 rings (SSSR count). The third-order valence-electron chi connectivity index (χ3n) is 2.79. The summed E-state index contributed by atoms with van der Waals surface area (Å²) in [5.41, 5.74) is 2.70. The van der Waals surface area contributed by atoms with E-state index in [2.05, 4.69) is 10.3 Å². The predicted octanol–water partition coefficient (Wildman–Crippen LogP) is 3.12. The van der Waals surface area contributed by atoms with Gasteiger partial charge in [0.25, 0.3) is 0 Å². The molecule has 19 heavy (non-hydrogen) atoms. The molecule has 2 aromatic rings. The number of anilines is 2. The van der Waals surface area contributed by atoms with Crippen molar-refractivity contribution in [1.29, 1.82) is 0 Å². The first-order valence-corrected chi connectivity index (χ1v) is 6.28. The van der Waals surface area contributed by atoms with Crippen LogP contribution in [0.4, 0.5) is 11.4 Å². The van der Waals surface area contributed by atoms with Crippen LogP contribution in [-0.4, -0.2) is 24.2 Å². The summed E-state index contributed by atoms with van der Waals surface area (Å²) in [5.74, 6) is 0.229. The van der Waals surface area contributed by atoms with E-state index in [0.717, 1.165) is 16.9 Å². The summed E-state index contributed by atoms with van der Waals surface area (Å²) in [6, 6.07) is 6.93. The first-order chi connectivity index (χ1) is 9.08. The predicted molar refractivity (Wildman–Crippen MR) is 79.0 cm³/mol. The van der Waals surface area contributed by atoms with Gasteiger partial charge in [-0.3, -0.25) is 4.98 Å². The van der Waals surface area contributed by atoms with Crippen LogP contribution in [0.5, 0.6) is 5.75 Å². The van der Waals surface area contributed by atoms with E-state index >= 15 is 0 Å². The molecule has 0 bridgehead atoms.